The van der Waals surface area contributed by atoms with Crippen LogP contribution in [-0.4, -0.2) is 53.5 Å². The molecule has 2 aromatic carbocycles. The van der Waals surface area contributed by atoms with Crippen LogP contribution in [0.4, 0.5) is 4.39 Å². The van der Waals surface area contributed by atoms with Crippen molar-refractivity contribution >= 4 is 61.6 Å². The quantitative estimate of drug-likeness (QED) is 0.154. The van der Waals surface area contributed by atoms with Crippen molar-refractivity contribution in [2.45, 2.75) is 42.0 Å². The maximum Gasteiger partial charge on any atom is 0.278 e. The van der Waals surface area contributed by atoms with Gasteiger partial charge in [-0.25, -0.2) is 22.9 Å². The standard InChI is InChI=1S/C26H26FN5O5S4/c27-17-5-7-18(8-6-17)32-24(34)22-23(31(26(38)40-22)14-19-2-1-13-37-19)30-25(32)39-15-21(33)29-12-11-16-3-9-20(10-4-16)41(28,35)36/h3-10,19H,1-2,11-15H2,(H,29,33)(H2,28,35,36)/t19-/m0/s1. The van der Waals surface area contributed by atoms with Gasteiger partial charge in [0.1, 0.15) is 10.5 Å². The van der Waals surface area contributed by atoms with Gasteiger partial charge in [-0.15, -0.1) is 0 Å². The van der Waals surface area contributed by atoms with Crippen LogP contribution in [0, 0.1) is 9.77 Å². The molecule has 216 valence electrons. The van der Waals surface area contributed by atoms with E-state index in [4.69, 9.17) is 27.1 Å². The Bertz CT molecular complexity index is 1800. The first kappa shape index (κ1) is 29.5. The van der Waals surface area contributed by atoms with Gasteiger partial charge in [-0.2, -0.15) is 0 Å². The summed E-state index contributed by atoms with van der Waals surface area (Å²) in [5, 5.41) is 8.23. The summed E-state index contributed by atoms with van der Waals surface area (Å²) in [7, 11) is -3.77. The summed E-state index contributed by atoms with van der Waals surface area (Å²) in [6, 6.07) is 11.6. The molecular formula is C26H26FN5O5S4. The zero-order valence-corrected chi connectivity index (χ0v) is 24.9. The first-order valence-electron chi connectivity index (χ1n) is 12.7. The van der Waals surface area contributed by atoms with Crippen molar-refractivity contribution in [3.05, 3.63) is 74.2 Å². The van der Waals surface area contributed by atoms with Crippen LogP contribution in [0.5, 0.6) is 0 Å². The van der Waals surface area contributed by atoms with Crippen LogP contribution < -0.4 is 16.0 Å². The van der Waals surface area contributed by atoms with Crippen molar-refractivity contribution in [2.75, 3.05) is 18.9 Å². The molecule has 0 saturated carbocycles. The van der Waals surface area contributed by atoms with Crippen LogP contribution in [0.15, 0.2) is 63.4 Å². The number of nitrogens with zero attached hydrogens (tertiary/aromatic N) is 3. The maximum absolute atomic E-state index is 13.7. The third kappa shape index (κ3) is 6.93. The van der Waals surface area contributed by atoms with Gasteiger partial charge in [0, 0.05) is 13.2 Å². The lowest BCUT2D eigenvalue weighted by Gasteiger charge is -2.14. The van der Waals surface area contributed by atoms with E-state index in [1.54, 1.807) is 12.1 Å². The first-order valence-corrected chi connectivity index (χ1v) is 16.4. The van der Waals surface area contributed by atoms with E-state index in [9.17, 15) is 22.4 Å². The molecule has 1 aliphatic heterocycles. The highest BCUT2D eigenvalue weighted by molar-refractivity contribution is 7.99. The van der Waals surface area contributed by atoms with Gasteiger partial charge >= 0.3 is 0 Å². The van der Waals surface area contributed by atoms with E-state index in [0.717, 1.165) is 30.2 Å². The minimum atomic E-state index is -3.77. The summed E-state index contributed by atoms with van der Waals surface area (Å²) < 4.78 is 46.3. The van der Waals surface area contributed by atoms with Crippen molar-refractivity contribution in [3.8, 4) is 5.69 Å². The second-order valence-corrected chi connectivity index (χ2v) is 13.5. The van der Waals surface area contributed by atoms with Gasteiger partial charge in [0.05, 0.1) is 29.0 Å². The van der Waals surface area contributed by atoms with Gasteiger partial charge < -0.3 is 14.6 Å². The molecule has 4 aromatic rings. The fraction of sp³-hybridized carbons (Fsp3) is 0.308. The third-order valence-corrected chi connectivity index (χ3v) is 9.77. The average Bonchev–Trinajstić information content (AvgIpc) is 3.56. The predicted octanol–water partition coefficient (Wildman–Crippen LogP) is 3.39. The number of benzene rings is 2. The van der Waals surface area contributed by atoms with Gasteiger partial charge in [-0.3, -0.25) is 14.2 Å². The lowest BCUT2D eigenvalue weighted by molar-refractivity contribution is -0.118. The Morgan fingerprint density at radius 2 is 1.95 bits per heavy atom. The smallest absolute Gasteiger partial charge is 0.278 e. The van der Waals surface area contributed by atoms with Crippen LogP contribution in [-0.2, 0) is 32.5 Å². The van der Waals surface area contributed by atoms with E-state index < -0.39 is 15.8 Å². The lowest BCUT2D eigenvalue weighted by atomic mass is 10.1. The number of carbonyl (C=O) groups excluding carboxylic acids is 1. The molecule has 0 unspecified atom stereocenters. The van der Waals surface area contributed by atoms with Crippen LogP contribution in [0.1, 0.15) is 18.4 Å². The van der Waals surface area contributed by atoms with Crippen molar-refractivity contribution < 1.29 is 22.3 Å². The number of hydrogen-bond donors (Lipinski definition) is 2. The minimum Gasteiger partial charge on any atom is -0.376 e. The molecular weight excluding hydrogens is 610 g/mol. The number of rotatable bonds is 10. The van der Waals surface area contributed by atoms with Crippen LogP contribution in [0.2, 0.25) is 0 Å². The molecule has 2 aromatic heterocycles. The highest BCUT2D eigenvalue weighted by Crippen LogP contribution is 2.26. The summed E-state index contributed by atoms with van der Waals surface area (Å²) >= 11 is 7.82. The molecule has 3 N–H and O–H groups in total. The van der Waals surface area contributed by atoms with Gasteiger partial charge in [0.2, 0.25) is 15.9 Å². The molecule has 0 aliphatic carbocycles. The maximum atomic E-state index is 13.7. The number of thiazole rings is 1. The number of sulfonamides is 1. The number of primary sulfonamides is 1. The minimum absolute atomic E-state index is 0.0152. The third-order valence-electron chi connectivity index (χ3n) is 6.47. The Morgan fingerprint density at radius 1 is 1.22 bits per heavy atom. The van der Waals surface area contributed by atoms with E-state index in [1.807, 2.05) is 4.57 Å². The number of nitrogens with one attached hydrogen (secondary N) is 1. The molecule has 10 nitrogen and oxygen atoms in total. The van der Waals surface area contributed by atoms with E-state index in [1.165, 1.54) is 52.3 Å². The predicted molar refractivity (Wildman–Crippen MR) is 158 cm³/mol. The number of thioether (sulfide) groups is 1. The van der Waals surface area contributed by atoms with Crippen LogP contribution in [0.3, 0.4) is 0 Å². The number of nitrogens with two attached hydrogens (primary N) is 1. The number of fused-ring (bicyclic) bond motifs is 1. The van der Waals surface area contributed by atoms with E-state index in [2.05, 4.69) is 5.32 Å². The molecule has 1 amide bonds. The van der Waals surface area contributed by atoms with Crippen molar-refractivity contribution in [2.24, 2.45) is 5.14 Å². The highest BCUT2D eigenvalue weighted by atomic mass is 32.2. The van der Waals surface area contributed by atoms with Crippen LogP contribution in [0.25, 0.3) is 16.0 Å². The SMILES string of the molecule is NS(=O)(=O)c1ccc(CCNC(=O)CSc2nc3c(sc(=S)n3C[C@@H]3CCCO3)c(=O)n2-c2ccc(F)cc2)cc1. The number of aromatic nitrogens is 3. The van der Waals surface area contributed by atoms with Crippen molar-refractivity contribution in [1.82, 2.24) is 19.4 Å². The number of carbonyl (C=O) groups is 1. The Kier molecular flexibility index (Phi) is 9.01. The van der Waals surface area contributed by atoms with E-state index >= 15 is 0 Å². The Hall–Kier alpha value is -2.95. The number of amides is 1. The zero-order valence-electron chi connectivity index (χ0n) is 21.6. The molecule has 5 rings (SSSR count). The summed E-state index contributed by atoms with van der Waals surface area (Å²) in [6.07, 6.45) is 2.32. The first-order chi connectivity index (χ1) is 19.6. The summed E-state index contributed by atoms with van der Waals surface area (Å²) in [6.45, 7) is 1.48. The summed E-state index contributed by atoms with van der Waals surface area (Å²) in [5.41, 5.74) is 1.33. The fourth-order valence-electron chi connectivity index (χ4n) is 4.42. The fourth-order valence-corrected chi connectivity index (χ4v) is 7.05. The van der Waals surface area contributed by atoms with Gasteiger partial charge in [0.15, 0.2) is 14.8 Å². The Labute approximate surface area is 248 Å². The Morgan fingerprint density at radius 3 is 2.61 bits per heavy atom. The molecule has 1 fully saturated rings. The Balaban J connectivity index is 1.35. The van der Waals surface area contributed by atoms with Crippen LogP contribution >= 0.6 is 35.3 Å². The highest BCUT2D eigenvalue weighted by Gasteiger charge is 2.22. The number of ether oxygens (including phenoxy) is 1. The summed E-state index contributed by atoms with van der Waals surface area (Å²) in [5.74, 6) is -0.750. The monoisotopic (exact) mass is 635 g/mol. The molecule has 3 heterocycles. The second kappa shape index (κ2) is 12.5. The van der Waals surface area contributed by atoms with Gasteiger partial charge in [-0.05, 0) is 73.4 Å². The molecule has 0 bridgehead atoms. The average molecular weight is 636 g/mol. The van der Waals surface area contributed by atoms with E-state index in [0.29, 0.717) is 46.1 Å². The molecule has 1 aliphatic rings. The molecule has 41 heavy (non-hydrogen) atoms. The molecule has 15 heteroatoms. The zero-order chi connectivity index (χ0) is 29.1. The van der Waals surface area contributed by atoms with E-state index in [-0.39, 0.29) is 33.4 Å². The number of halogens is 1. The number of hydrogen-bond acceptors (Lipinski definition) is 9. The summed E-state index contributed by atoms with van der Waals surface area (Å²) in [4.78, 5) is 31.2. The topological polar surface area (TPSA) is 138 Å². The molecule has 1 saturated heterocycles. The van der Waals surface area contributed by atoms with Crippen molar-refractivity contribution in [3.63, 3.8) is 0 Å². The largest absolute Gasteiger partial charge is 0.376 e. The van der Waals surface area contributed by atoms with Crippen molar-refractivity contribution in [1.29, 1.82) is 0 Å². The van der Waals surface area contributed by atoms with Gasteiger partial charge in [0.25, 0.3) is 5.56 Å². The second-order valence-electron chi connectivity index (χ2n) is 9.36. The normalized spacial score (nSPS) is 15.4. The molecule has 0 radical (unpaired) electrons. The van der Waals surface area contributed by atoms with Gasteiger partial charge in [-0.1, -0.05) is 35.2 Å². The molecule has 1 atom stereocenters. The lowest BCUT2D eigenvalue weighted by Crippen LogP contribution is -2.28. The molecule has 0 spiro atoms.